The van der Waals surface area contributed by atoms with E-state index in [0.29, 0.717) is 22.6 Å². The molecule has 1 aliphatic rings. The minimum absolute atomic E-state index is 0.275. The number of carbonyl (C=O) groups is 2. The van der Waals surface area contributed by atoms with Crippen molar-refractivity contribution in [1.82, 2.24) is 10.9 Å². The van der Waals surface area contributed by atoms with Crippen LogP contribution < -0.4 is 20.3 Å². The van der Waals surface area contributed by atoms with E-state index in [1.165, 1.54) is 14.2 Å². The van der Waals surface area contributed by atoms with E-state index in [9.17, 15) is 9.59 Å². The lowest BCUT2D eigenvalue weighted by atomic mass is 10.1. The Balaban J connectivity index is 1.77. The van der Waals surface area contributed by atoms with Crippen LogP contribution in [-0.4, -0.2) is 26.1 Å². The molecule has 2 aromatic rings. The van der Waals surface area contributed by atoms with Crippen LogP contribution in [0.15, 0.2) is 40.9 Å². The molecule has 0 spiro atoms. The maximum atomic E-state index is 12.2. The van der Waals surface area contributed by atoms with Crippen molar-refractivity contribution in [2.75, 3.05) is 14.2 Å². The number of hydrogen-bond acceptors (Lipinski definition) is 6. The minimum atomic E-state index is -0.818. The molecule has 8 heteroatoms. The molecule has 0 aliphatic carbocycles. The van der Waals surface area contributed by atoms with Gasteiger partial charge in [-0.3, -0.25) is 10.2 Å². The number of benzene rings is 2. The summed E-state index contributed by atoms with van der Waals surface area (Å²) in [5.41, 5.74) is 6.55. The zero-order valence-electron chi connectivity index (χ0n) is 13.5. The molecule has 1 atom stereocenters. The molecular weight excluding hydrogens is 392 g/mol. The van der Waals surface area contributed by atoms with Gasteiger partial charge < -0.3 is 14.2 Å². The van der Waals surface area contributed by atoms with Crippen LogP contribution in [-0.2, 0) is 4.74 Å². The first-order valence-corrected chi connectivity index (χ1v) is 8.11. The SMILES string of the molecule is COc1ccc2c(c1OC)C(=O)OC2NNC(=O)c1ccc(Br)cc1. The first-order valence-electron chi connectivity index (χ1n) is 7.32. The highest BCUT2D eigenvalue weighted by Crippen LogP contribution is 2.40. The molecule has 0 bridgehead atoms. The van der Waals surface area contributed by atoms with Crippen LogP contribution in [0.1, 0.15) is 32.5 Å². The van der Waals surface area contributed by atoms with Gasteiger partial charge in [-0.1, -0.05) is 15.9 Å². The summed E-state index contributed by atoms with van der Waals surface area (Å²) >= 11 is 3.31. The number of fused-ring (bicyclic) bond motifs is 1. The Hall–Kier alpha value is -2.58. The molecule has 130 valence electrons. The first kappa shape index (κ1) is 17.2. The van der Waals surface area contributed by atoms with Crippen LogP contribution in [0.3, 0.4) is 0 Å². The number of esters is 1. The average molecular weight is 407 g/mol. The van der Waals surface area contributed by atoms with E-state index in [1.807, 2.05) is 0 Å². The quantitative estimate of drug-likeness (QED) is 0.586. The second kappa shape index (κ2) is 7.12. The highest BCUT2D eigenvalue weighted by atomic mass is 79.9. The molecule has 0 radical (unpaired) electrons. The molecule has 0 saturated carbocycles. The third kappa shape index (κ3) is 3.31. The van der Waals surface area contributed by atoms with E-state index < -0.39 is 12.2 Å². The second-order valence-electron chi connectivity index (χ2n) is 5.16. The Morgan fingerprint density at radius 1 is 1.12 bits per heavy atom. The van der Waals surface area contributed by atoms with E-state index in [-0.39, 0.29) is 11.5 Å². The van der Waals surface area contributed by atoms with Gasteiger partial charge in [-0.25, -0.2) is 4.79 Å². The zero-order chi connectivity index (χ0) is 18.0. The maximum absolute atomic E-state index is 12.2. The van der Waals surface area contributed by atoms with Crippen LogP contribution in [0.5, 0.6) is 11.5 Å². The molecule has 7 nitrogen and oxygen atoms in total. The Morgan fingerprint density at radius 2 is 1.84 bits per heavy atom. The van der Waals surface area contributed by atoms with Gasteiger partial charge >= 0.3 is 5.97 Å². The highest BCUT2D eigenvalue weighted by molar-refractivity contribution is 9.10. The Bertz CT molecular complexity index is 823. The Morgan fingerprint density at radius 3 is 2.48 bits per heavy atom. The van der Waals surface area contributed by atoms with Crippen molar-refractivity contribution in [2.24, 2.45) is 0 Å². The lowest BCUT2D eigenvalue weighted by Gasteiger charge is -2.14. The number of amides is 1. The predicted octanol–water partition coefficient (Wildman–Crippen LogP) is 2.57. The molecular formula is C17H15BrN2O5. The molecule has 0 fully saturated rings. The fourth-order valence-electron chi connectivity index (χ4n) is 2.51. The van der Waals surface area contributed by atoms with E-state index >= 15 is 0 Å². The summed E-state index contributed by atoms with van der Waals surface area (Å²) in [7, 11) is 2.93. The fourth-order valence-corrected chi connectivity index (χ4v) is 2.78. The maximum Gasteiger partial charge on any atom is 0.344 e. The van der Waals surface area contributed by atoms with E-state index in [0.717, 1.165) is 4.47 Å². The van der Waals surface area contributed by atoms with Crippen molar-refractivity contribution in [2.45, 2.75) is 6.23 Å². The van der Waals surface area contributed by atoms with Crippen LogP contribution >= 0.6 is 15.9 Å². The number of methoxy groups -OCH3 is 2. The van der Waals surface area contributed by atoms with Crippen molar-refractivity contribution in [1.29, 1.82) is 0 Å². The van der Waals surface area contributed by atoms with Gasteiger partial charge in [-0.05, 0) is 36.4 Å². The number of ether oxygens (including phenoxy) is 3. The summed E-state index contributed by atoms with van der Waals surface area (Å²) in [6, 6.07) is 10.2. The molecule has 1 heterocycles. The number of cyclic esters (lactones) is 1. The van der Waals surface area contributed by atoms with Gasteiger partial charge in [0.25, 0.3) is 5.91 Å². The summed E-state index contributed by atoms with van der Waals surface area (Å²) in [6.45, 7) is 0. The summed E-state index contributed by atoms with van der Waals surface area (Å²) < 4.78 is 16.6. The van der Waals surface area contributed by atoms with Gasteiger partial charge in [0, 0.05) is 15.6 Å². The van der Waals surface area contributed by atoms with Gasteiger partial charge in [0.2, 0.25) is 0 Å². The van der Waals surface area contributed by atoms with Gasteiger partial charge in [-0.2, -0.15) is 5.43 Å². The number of hydrogen-bond donors (Lipinski definition) is 2. The second-order valence-corrected chi connectivity index (χ2v) is 6.07. The van der Waals surface area contributed by atoms with Crippen molar-refractivity contribution in [3.05, 3.63) is 57.6 Å². The largest absolute Gasteiger partial charge is 0.493 e. The van der Waals surface area contributed by atoms with Crippen molar-refractivity contribution >= 4 is 27.8 Å². The topological polar surface area (TPSA) is 85.9 Å². The van der Waals surface area contributed by atoms with Gasteiger partial charge in [0.15, 0.2) is 17.7 Å². The third-order valence-corrected chi connectivity index (χ3v) is 4.24. The number of carbonyl (C=O) groups excluding carboxylic acids is 2. The average Bonchev–Trinajstić information content (AvgIpc) is 2.95. The van der Waals surface area contributed by atoms with E-state index in [1.54, 1.807) is 36.4 Å². The number of halogens is 1. The van der Waals surface area contributed by atoms with Crippen LogP contribution in [0.2, 0.25) is 0 Å². The fraction of sp³-hybridized carbons (Fsp3) is 0.176. The molecule has 25 heavy (non-hydrogen) atoms. The lowest BCUT2D eigenvalue weighted by Crippen LogP contribution is -2.40. The molecule has 3 rings (SSSR count). The monoisotopic (exact) mass is 406 g/mol. The number of hydrazine groups is 1. The molecule has 0 aromatic heterocycles. The Kier molecular flexibility index (Phi) is 4.91. The van der Waals surface area contributed by atoms with Crippen LogP contribution in [0.25, 0.3) is 0 Å². The molecule has 1 amide bonds. The third-order valence-electron chi connectivity index (χ3n) is 3.71. The lowest BCUT2D eigenvalue weighted by molar-refractivity contribution is 0.0260. The molecule has 1 unspecified atom stereocenters. The zero-order valence-corrected chi connectivity index (χ0v) is 15.0. The van der Waals surface area contributed by atoms with Gasteiger partial charge in [0.05, 0.1) is 14.2 Å². The highest BCUT2D eigenvalue weighted by Gasteiger charge is 2.36. The van der Waals surface area contributed by atoms with E-state index in [4.69, 9.17) is 14.2 Å². The van der Waals surface area contributed by atoms with Crippen LogP contribution in [0, 0.1) is 0 Å². The van der Waals surface area contributed by atoms with Crippen molar-refractivity contribution in [3.63, 3.8) is 0 Å². The minimum Gasteiger partial charge on any atom is -0.493 e. The summed E-state index contributed by atoms with van der Waals surface area (Å²) in [4.78, 5) is 24.3. The summed E-state index contributed by atoms with van der Waals surface area (Å²) in [5.74, 6) is -0.176. The predicted molar refractivity (Wildman–Crippen MR) is 92.4 cm³/mol. The van der Waals surface area contributed by atoms with Crippen LogP contribution in [0.4, 0.5) is 0 Å². The molecule has 2 N–H and O–H groups in total. The van der Waals surface area contributed by atoms with Crippen molar-refractivity contribution in [3.8, 4) is 11.5 Å². The molecule has 2 aromatic carbocycles. The smallest absolute Gasteiger partial charge is 0.344 e. The first-order chi connectivity index (χ1) is 12.0. The van der Waals surface area contributed by atoms with E-state index in [2.05, 4.69) is 26.8 Å². The summed E-state index contributed by atoms with van der Waals surface area (Å²) in [5, 5.41) is 0. The van der Waals surface area contributed by atoms with Gasteiger partial charge in [-0.15, -0.1) is 0 Å². The normalized spacial score (nSPS) is 15.3. The van der Waals surface area contributed by atoms with Crippen molar-refractivity contribution < 1.29 is 23.8 Å². The molecule has 1 aliphatic heterocycles. The molecule has 0 saturated heterocycles. The van der Waals surface area contributed by atoms with Gasteiger partial charge in [0.1, 0.15) is 5.56 Å². The standard InChI is InChI=1S/C17H15BrN2O5/c1-23-12-8-7-11-13(14(12)24-2)17(22)25-16(11)20-19-15(21)9-3-5-10(18)6-4-9/h3-8,16,20H,1-2H3,(H,19,21). The number of rotatable bonds is 5. The number of nitrogens with one attached hydrogen (secondary N) is 2. The Labute approximate surface area is 152 Å². The summed E-state index contributed by atoms with van der Waals surface area (Å²) in [6.07, 6.45) is -0.818.